The maximum atomic E-state index is 6.89. The van der Waals surface area contributed by atoms with Crippen molar-refractivity contribution in [1.29, 1.82) is 0 Å². The molecule has 0 saturated carbocycles. The van der Waals surface area contributed by atoms with E-state index < -0.39 is 0 Å². The van der Waals surface area contributed by atoms with Crippen LogP contribution in [-0.4, -0.2) is 15.0 Å². The van der Waals surface area contributed by atoms with Crippen LogP contribution in [0.2, 0.25) is 5.15 Å². The van der Waals surface area contributed by atoms with Gasteiger partial charge in [0.25, 0.3) is 0 Å². The molecule has 0 fully saturated rings. The largest absolute Gasteiger partial charge is 0.394 e. The van der Waals surface area contributed by atoms with Gasteiger partial charge in [-0.25, -0.2) is 4.98 Å². The molecule has 2 aromatic heterocycles. The molecule has 0 aliphatic carbocycles. The maximum Gasteiger partial charge on any atom is 0.373 e. The van der Waals surface area contributed by atoms with Crippen LogP contribution >= 0.6 is 11.6 Å². The summed E-state index contributed by atoms with van der Waals surface area (Å²) < 4.78 is 0. The molecule has 0 unspecified atom stereocenters. The van der Waals surface area contributed by atoms with Crippen molar-refractivity contribution < 1.29 is 0 Å². The number of fused-ring (bicyclic) bond motifs is 1. The molecule has 0 saturated heterocycles. The number of nitrogens with zero attached hydrogens (tertiary/aromatic N) is 4. The van der Waals surface area contributed by atoms with Crippen LogP contribution in [0, 0.1) is 6.57 Å². The van der Waals surface area contributed by atoms with E-state index in [1.807, 2.05) is 36.4 Å². The predicted octanol–water partition coefficient (Wildman–Crippen LogP) is 3.90. The topological polar surface area (TPSA) is 43.0 Å². The number of rotatable bonds is 1. The van der Waals surface area contributed by atoms with Gasteiger partial charge in [-0.15, -0.1) is 11.6 Å². The van der Waals surface area contributed by atoms with Gasteiger partial charge in [-0.1, -0.05) is 41.9 Å². The van der Waals surface area contributed by atoms with Gasteiger partial charge < -0.3 is 4.85 Å². The van der Waals surface area contributed by atoms with Crippen molar-refractivity contribution in [2.75, 3.05) is 0 Å². The first-order chi connectivity index (χ1) is 9.28. The fraction of sp³-hybridized carbons (Fsp3) is 0. The van der Waals surface area contributed by atoms with Crippen LogP contribution in [0.25, 0.3) is 27.0 Å². The fourth-order valence-corrected chi connectivity index (χ4v) is 2.05. The van der Waals surface area contributed by atoms with Crippen molar-refractivity contribution in [3.05, 3.63) is 59.2 Å². The van der Waals surface area contributed by atoms with E-state index in [2.05, 4.69) is 19.8 Å². The average molecular weight is 267 g/mol. The Balaban J connectivity index is 2.24. The second kappa shape index (κ2) is 4.63. The number of hydrogen-bond acceptors (Lipinski definition) is 3. The third-order valence-electron chi connectivity index (χ3n) is 2.69. The Morgan fingerprint density at radius 1 is 1.11 bits per heavy atom. The molecular formula is C14H7ClN4. The molecule has 0 spiro atoms. The van der Waals surface area contributed by atoms with Crippen LogP contribution in [0.3, 0.4) is 0 Å². The lowest BCUT2D eigenvalue weighted by Gasteiger charge is -2.04. The third kappa shape index (κ3) is 2.12. The zero-order valence-electron chi connectivity index (χ0n) is 9.71. The first kappa shape index (κ1) is 11.6. The normalized spacial score (nSPS) is 10.3. The number of aromatic nitrogens is 3. The molecule has 19 heavy (non-hydrogen) atoms. The highest BCUT2D eigenvalue weighted by Gasteiger charge is 2.10. The van der Waals surface area contributed by atoms with E-state index >= 15 is 0 Å². The smallest absolute Gasteiger partial charge is 0.373 e. The summed E-state index contributed by atoms with van der Waals surface area (Å²) in [5.74, 6) is 0.0727. The van der Waals surface area contributed by atoms with E-state index in [0.717, 1.165) is 16.5 Å². The summed E-state index contributed by atoms with van der Waals surface area (Å²) in [6, 6.07) is 11.6. The van der Waals surface area contributed by atoms with Crippen LogP contribution in [-0.2, 0) is 0 Å². The number of hydrogen-bond donors (Lipinski definition) is 0. The zero-order chi connectivity index (χ0) is 13.2. The minimum Gasteiger partial charge on any atom is -0.394 e. The average Bonchev–Trinajstić information content (AvgIpc) is 2.47. The van der Waals surface area contributed by atoms with Crippen LogP contribution in [0.1, 0.15) is 0 Å². The second-order valence-electron chi connectivity index (χ2n) is 3.89. The lowest BCUT2D eigenvalue weighted by Crippen LogP contribution is -1.90. The van der Waals surface area contributed by atoms with Gasteiger partial charge in [-0.2, -0.15) is 4.98 Å². The quantitative estimate of drug-likeness (QED) is 0.496. The van der Waals surface area contributed by atoms with Crippen molar-refractivity contribution in [1.82, 2.24) is 15.0 Å². The van der Waals surface area contributed by atoms with Gasteiger partial charge in [0, 0.05) is 5.56 Å². The predicted molar refractivity (Wildman–Crippen MR) is 74.0 cm³/mol. The first-order valence-electron chi connectivity index (χ1n) is 5.54. The molecule has 3 rings (SSSR count). The highest BCUT2D eigenvalue weighted by Crippen LogP contribution is 2.29. The fourth-order valence-electron chi connectivity index (χ4n) is 1.81. The Morgan fingerprint density at radius 3 is 2.63 bits per heavy atom. The Labute approximate surface area is 114 Å². The number of halogens is 1. The van der Waals surface area contributed by atoms with E-state index in [0.29, 0.717) is 10.8 Å². The monoisotopic (exact) mass is 266 g/mol. The van der Waals surface area contributed by atoms with Gasteiger partial charge in [0.05, 0.1) is 11.6 Å². The molecule has 5 heteroatoms. The van der Waals surface area contributed by atoms with Gasteiger partial charge in [-0.3, -0.25) is 0 Å². The van der Waals surface area contributed by atoms with E-state index in [-0.39, 0.29) is 5.95 Å². The lowest BCUT2D eigenvalue weighted by atomic mass is 10.1. The lowest BCUT2D eigenvalue weighted by molar-refractivity contribution is 1.21. The Hall–Kier alpha value is -2.51. The minimum absolute atomic E-state index is 0.0727. The number of benzene rings is 1. The van der Waals surface area contributed by atoms with Gasteiger partial charge in [0.2, 0.25) is 5.65 Å². The van der Waals surface area contributed by atoms with Gasteiger partial charge in [0.15, 0.2) is 0 Å². The molecule has 0 amide bonds. The van der Waals surface area contributed by atoms with Crippen molar-refractivity contribution in [3.63, 3.8) is 0 Å². The first-order valence-corrected chi connectivity index (χ1v) is 5.92. The van der Waals surface area contributed by atoms with Crippen LogP contribution in [0.15, 0.2) is 42.6 Å². The number of pyridine rings is 1. The molecule has 2 heterocycles. The summed E-state index contributed by atoms with van der Waals surface area (Å²) in [6.45, 7) is 6.89. The Bertz CT molecular complexity index is 794. The second-order valence-corrected chi connectivity index (χ2v) is 4.25. The zero-order valence-corrected chi connectivity index (χ0v) is 10.5. The van der Waals surface area contributed by atoms with Gasteiger partial charge in [-0.05, 0) is 11.6 Å². The van der Waals surface area contributed by atoms with Crippen molar-refractivity contribution in [3.8, 4) is 11.1 Å². The van der Waals surface area contributed by atoms with Crippen molar-refractivity contribution in [2.24, 2.45) is 0 Å². The maximum absolute atomic E-state index is 6.89. The molecule has 4 nitrogen and oxygen atoms in total. The summed E-state index contributed by atoms with van der Waals surface area (Å²) in [4.78, 5) is 15.4. The Kier molecular flexibility index (Phi) is 2.82. The summed E-state index contributed by atoms with van der Waals surface area (Å²) in [7, 11) is 0. The third-order valence-corrected chi connectivity index (χ3v) is 2.98. The van der Waals surface area contributed by atoms with Gasteiger partial charge >= 0.3 is 5.95 Å². The molecule has 0 aliphatic rings. The standard InChI is InChI=1S/C14H7ClN4/c1-16-14-17-8-10-7-11(9-5-3-2-4-6-9)12(15)18-13(10)19-14/h2-8H. The molecule has 3 aromatic rings. The summed E-state index contributed by atoms with van der Waals surface area (Å²) in [5, 5.41) is 1.13. The van der Waals surface area contributed by atoms with Crippen molar-refractivity contribution >= 4 is 28.6 Å². The molecular weight excluding hydrogens is 260 g/mol. The van der Waals surface area contributed by atoms with Crippen LogP contribution < -0.4 is 0 Å². The molecule has 0 atom stereocenters. The van der Waals surface area contributed by atoms with E-state index in [1.165, 1.54) is 0 Å². The molecule has 0 N–H and O–H groups in total. The highest BCUT2D eigenvalue weighted by molar-refractivity contribution is 6.32. The molecule has 0 bridgehead atoms. The van der Waals surface area contributed by atoms with Gasteiger partial charge in [0.1, 0.15) is 5.15 Å². The van der Waals surface area contributed by atoms with Crippen LogP contribution in [0.5, 0.6) is 0 Å². The van der Waals surface area contributed by atoms with Crippen molar-refractivity contribution in [2.45, 2.75) is 0 Å². The minimum atomic E-state index is 0.0727. The Morgan fingerprint density at radius 2 is 1.89 bits per heavy atom. The molecule has 0 radical (unpaired) electrons. The molecule has 0 aliphatic heterocycles. The molecule has 90 valence electrons. The van der Waals surface area contributed by atoms with E-state index in [1.54, 1.807) is 6.20 Å². The molecule has 1 aromatic carbocycles. The SMILES string of the molecule is [C-]#[N+]c1ncc2cc(-c3ccccc3)c(Cl)nc2n1. The summed E-state index contributed by atoms with van der Waals surface area (Å²) in [5.41, 5.74) is 2.25. The highest BCUT2D eigenvalue weighted by atomic mass is 35.5. The summed E-state index contributed by atoms with van der Waals surface area (Å²) in [6.07, 6.45) is 1.59. The summed E-state index contributed by atoms with van der Waals surface area (Å²) >= 11 is 6.18. The van der Waals surface area contributed by atoms with E-state index in [4.69, 9.17) is 18.2 Å². The van der Waals surface area contributed by atoms with Crippen LogP contribution in [0.4, 0.5) is 5.95 Å². The van der Waals surface area contributed by atoms with E-state index in [9.17, 15) is 0 Å².